The number of pyridine rings is 1. The lowest BCUT2D eigenvalue weighted by atomic mass is 10.1. The molecule has 0 saturated heterocycles. The third kappa shape index (κ3) is 2.72. The zero-order chi connectivity index (χ0) is 9.68. The monoisotopic (exact) mass is 179 g/mol. The summed E-state index contributed by atoms with van der Waals surface area (Å²) in [7, 11) is 0. The number of nitrogens with one attached hydrogen (secondary N) is 1. The molecule has 0 saturated carbocycles. The molecule has 0 radical (unpaired) electrons. The molecule has 0 spiro atoms. The van der Waals surface area contributed by atoms with Crippen molar-refractivity contribution in [3.8, 4) is 0 Å². The molecule has 5 heteroatoms. The first kappa shape index (κ1) is 9.47. The molecule has 1 rings (SSSR count). The summed E-state index contributed by atoms with van der Waals surface area (Å²) in [6.45, 7) is 1.93. The average Bonchev–Trinajstić information content (AvgIpc) is 2.19. The number of nitrogens with zero attached hydrogens (tertiary/aromatic N) is 2. The third-order valence-corrected chi connectivity index (χ3v) is 1.67. The van der Waals surface area contributed by atoms with Crippen molar-refractivity contribution in [1.29, 1.82) is 0 Å². The fraction of sp³-hybridized carbons (Fsp3) is 0.250. The van der Waals surface area contributed by atoms with Crippen LogP contribution in [0.25, 0.3) is 0 Å². The number of hydrazine groups is 1. The molecule has 0 aromatic carbocycles. The maximum atomic E-state index is 5.41. The van der Waals surface area contributed by atoms with Gasteiger partial charge >= 0.3 is 0 Å². The van der Waals surface area contributed by atoms with Gasteiger partial charge in [0.15, 0.2) is 0 Å². The molecule has 1 aromatic heterocycles. The molecule has 1 heterocycles. The van der Waals surface area contributed by atoms with Crippen LogP contribution in [0.3, 0.4) is 0 Å². The van der Waals surface area contributed by atoms with E-state index in [1.165, 1.54) is 0 Å². The van der Waals surface area contributed by atoms with E-state index in [1.807, 2.05) is 19.1 Å². The first-order valence-corrected chi connectivity index (χ1v) is 3.94. The Kier molecular flexibility index (Phi) is 3.22. The van der Waals surface area contributed by atoms with Gasteiger partial charge in [0.05, 0.1) is 6.04 Å². The first-order chi connectivity index (χ1) is 6.24. The Bertz CT molecular complexity index is 282. The van der Waals surface area contributed by atoms with Gasteiger partial charge in [-0.1, -0.05) is 0 Å². The van der Waals surface area contributed by atoms with Crippen molar-refractivity contribution in [2.45, 2.75) is 13.0 Å². The number of guanidine groups is 1. The normalized spacial score (nSPS) is 13.8. The topological polar surface area (TPSA) is 89.3 Å². The van der Waals surface area contributed by atoms with Gasteiger partial charge < -0.3 is 5.73 Å². The highest BCUT2D eigenvalue weighted by molar-refractivity contribution is 5.77. The minimum absolute atomic E-state index is 0.0148. The van der Waals surface area contributed by atoms with Gasteiger partial charge in [-0.2, -0.15) is 0 Å². The van der Waals surface area contributed by atoms with E-state index < -0.39 is 0 Å². The Balaban J connectivity index is 2.75. The molecule has 5 nitrogen and oxygen atoms in total. The SMILES string of the molecule is C[C@@H](N=C(N)NN)c1ccncc1. The lowest BCUT2D eigenvalue weighted by molar-refractivity contribution is 0.799. The quantitative estimate of drug-likeness (QED) is 0.256. The van der Waals surface area contributed by atoms with E-state index in [-0.39, 0.29) is 12.0 Å². The second kappa shape index (κ2) is 4.42. The van der Waals surface area contributed by atoms with Crippen molar-refractivity contribution in [2.24, 2.45) is 16.6 Å². The molecule has 0 aliphatic carbocycles. The molecule has 0 aliphatic heterocycles. The number of hydrogen-bond acceptors (Lipinski definition) is 3. The fourth-order valence-corrected chi connectivity index (χ4v) is 0.962. The molecule has 1 aromatic rings. The van der Waals surface area contributed by atoms with E-state index in [1.54, 1.807) is 12.4 Å². The van der Waals surface area contributed by atoms with Crippen LogP contribution in [0.15, 0.2) is 29.5 Å². The molecule has 0 unspecified atom stereocenters. The summed E-state index contributed by atoms with van der Waals surface area (Å²) < 4.78 is 0. The summed E-state index contributed by atoms with van der Waals surface area (Å²) in [4.78, 5) is 8.00. The number of aliphatic imine (C=N–C) groups is 1. The summed E-state index contributed by atoms with van der Waals surface area (Å²) in [5.74, 6) is 5.31. The van der Waals surface area contributed by atoms with Gasteiger partial charge in [0.25, 0.3) is 0 Å². The number of aromatic nitrogens is 1. The summed E-state index contributed by atoms with van der Waals surface area (Å²) >= 11 is 0. The van der Waals surface area contributed by atoms with E-state index in [0.717, 1.165) is 5.56 Å². The molecule has 0 bridgehead atoms. The molecule has 13 heavy (non-hydrogen) atoms. The molecule has 0 aliphatic rings. The third-order valence-electron chi connectivity index (χ3n) is 1.67. The van der Waals surface area contributed by atoms with Crippen LogP contribution in [0, 0.1) is 0 Å². The Labute approximate surface area is 76.8 Å². The Morgan fingerprint density at radius 2 is 2.15 bits per heavy atom. The van der Waals surface area contributed by atoms with Crippen molar-refractivity contribution >= 4 is 5.96 Å². The van der Waals surface area contributed by atoms with Gasteiger partial charge in [0, 0.05) is 12.4 Å². The maximum Gasteiger partial charge on any atom is 0.203 e. The average molecular weight is 179 g/mol. The highest BCUT2D eigenvalue weighted by Gasteiger charge is 2.02. The van der Waals surface area contributed by atoms with Gasteiger partial charge in [-0.15, -0.1) is 0 Å². The van der Waals surface area contributed by atoms with Crippen LogP contribution in [0.4, 0.5) is 0 Å². The first-order valence-electron chi connectivity index (χ1n) is 3.94. The Morgan fingerprint density at radius 3 is 2.69 bits per heavy atom. The highest BCUT2D eigenvalue weighted by Crippen LogP contribution is 2.14. The molecule has 1 atom stereocenters. The number of hydrogen-bond donors (Lipinski definition) is 3. The fourth-order valence-electron chi connectivity index (χ4n) is 0.962. The minimum Gasteiger partial charge on any atom is -0.369 e. The summed E-state index contributed by atoms with van der Waals surface area (Å²) in [5.41, 5.74) is 8.74. The van der Waals surface area contributed by atoms with Crippen LogP contribution in [0.5, 0.6) is 0 Å². The van der Waals surface area contributed by atoms with Crippen molar-refractivity contribution in [3.05, 3.63) is 30.1 Å². The largest absolute Gasteiger partial charge is 0.369 e. The van der Waals surface area contributed by atoms with E-state index >= 15 is 0 Å². The second-order valence-corrected chi connectivity index (χ2v) is 2.62. The van der Waals surface area contributed by atoms with Gasteiger partial charge in [-0.25, -0.2) is 10.8 Å². The van der Waals surface area contributed by atoms with Crippen LogP contribution in [-0.2, 0) is 0 Å². The predicted octanol–water partition coefficient (Wildman–Crippen LogP) is -0.0794. The van der Waals surface area contributed by atoms with Gasteiger partial charge in [0.2, 0.25) is 5.96 Å². The van der Waals surface area contributed by atoms with Crippen LogP contribution < -0.4 is 17.0 Å². The Morgan fingerprint density at radius 1 is 1.54 bits per heavy atom. The van der Waals surface area contributed by atoms with E-state index in [4.69, 9.17) is 11.6 Å². The zero-order valence-electron chi connectivity index (χ0n) is 7.44. The molecule has 70 valence electrons. The molecule has 5 N–H and O–H groups in total. The molecule has 0 fully saturated rings. The van der Waals surface area contributed by atoms with Crippen LogP contribution >= 0.6 is 0 Å². The van der Waals surface area contributed by atoms with Crippen LogP contribution in [0.1, 0.15) is 18.5 Å². The van der Waals surface area contributed by atoms with Gasteiger partial charge in [0.1, 0.15) is 0 Å². The lowest BCUT2D eigenvalue weighted by Crippen LogP contribution is -2.37. The van der Waals surface area contributed by atoms with Crippen molar-refractivity contribution in [1.82, 2.24) is 10.4 Å². The number of nitrogens with two attached hydrogens (primary N) is 2. The van der Waals surface area contributed by atoms with Crippen LogP contribution in [0.2, 0.25) is 0 Å². The molecule has 0 amide bonds. The van der Waals surface area contributed by atoms with Crippen molar-refractivity contribution in [2.75, 3.05) is 0 Å². The summed E-state index contributed by atoms with van der Waals surface area (Å²) in [6.07, 6.45) is 3.43. The van der Waals surface area contributed by atoms with Gasteiger partial charge in [-0.05, 0) is 24.6 Å². The highest BCUT2D eigenvalue weighted by atomic mass is 15.3. The minimum atomic E-state index is -0.0148. The molecular weight excluding hydrogens is 166 g/mol. The maximum absolute atomic E-state index is 5.41. The van der Waals surface area contributed by atoms with E-state index in [2.05, 4.69) is 15.4 Å². The molecular formula is C8H13N5. The smallest absolute Gasteiger partial charge is 0.203 e. The van der Waals surface area contributed by atoms with Crippen molar-refractivity contribution in [3.63, 3.8) is 0 Å². The van der Waals surface area contributed by atoms with E-state index in [9.17, 15) is 0 Å². The van der Waals surface area contributed by atoms with E-state index in [0.29, 0.717) is 0 Å². The lowest BCUT2D eigenvalue weighted by Gasteiger charge is -2.07. The van der Waals surface area contributed by atoms with Crippen molar-refractivity contribution < 1.29 is 0 Å². The number of rotatable bonds is 2. The Hall–Kier alpha value is -1.62. The summed E-state index contributed by atoms with van der Waals surface area (Å²) in [6, 6.07) is 3.76. The standard InChI is InChI=1S/C8H13N5/c1-6(12-8(9)13-10)7-2-4-11-5-3-7/h2-6H,10H2,1H3,(H3,9,12,13)/t6-/m1/s1. The second-order valence-electron chi connectivity index (χ2n) is 2.62. The summed E-state index contributed by atoms with van der Waals surface area (Å²) in [5, 5.41) is 0. The van der Waals surface area contributed by atoms with Crippen LogP contribution in [-0.4, -0.2) is 10.9 Å². The van der Waals surface area contributed by atoms with Gasteiger partial charge in [-0.3, -0.25) is 10.4 Å². The predicted molar refractivity (Wildman–Crippen MR) is 51.6 cm³/mol. The zero-order valence-corrected chi connectivity index (χ0v) is 7.44.